The molecule has 0 amide bonds. The van der Waals surface area contributed by atoms with E-state index in [-0.39, 0.29) is 25.4 Å². The van der Waals surface area contributed by atoms with Crippen LogP contribution in [0.4, 0.5) is 0 Å². The lowest BCUT2D eigenvalue weighted by Gasteiger charge is -2.23. The fourth-order valence-corrected chi connectivity index (χ4v) is 1.56. The van der Waals surface area contributed by atoms with Gasteiger partial charge in [-0.2, -0.15) is 0 Å². The van der Waals surface area contributed by atoms with E-state index in [1.807, 2.05) is 0 Å². The minimum atomic E-state index is -2.46. The van der Waals surface area contributed by atoms with E-state index in [0.29, 0.717) is 13.2 Å². The maximum absolute atomic E-state index is 11.8. The van der Waals surface area contributed by atoms with Crippen LogP contribution >= 0.6 is 0 Å². The maximum atomic E-state index is 11.8. The van der Waals surface area contributed by atoms with Crippen LogP contribution in [0.2, 0.25) is 0 Å². The summed E-state index contributed by atoms with van der Waals surface area (Å²) in [6.45, 7) is 0.836. The summed E-state index contributed by atoms with van der Waals surface area (Å²) in [6.07, 6.45) is -2.15. The van der Waals surface area contributed by atoms with E-state index < -0.39 is 36.4 Å². The minimum absolute atomic E-state index is 0.00689. The van der Waals surface area contributed by atoms with Crippen molar-refractivity contribution in [1.82, 2.24) is 0 Å². The van der Waals surface area contributed by atoms with Crippen LogP contribution in [0, 0.1) is 0 Å². The van der Waals surface area contributed by atoms with Gasteiger partial charge in [-0.25, -0.2) is 4.79 Å². The molecule has 0 aromatic heterocycles. The molecule has 0 aromatic rings. The highest BCUT2D eigenvalue weighted by atomic mass is 16.6. The van der Waals surface area contributed by atoms with Crippen molar-refractivity contribution in [1.29, 1.82) is 0 Å². The summed E-state index contributed by atoms with van der Waals surface area (Å²) in [4.78, 5) is 34.1. The molecular formula is C12H16O9. The maximum Gasteiger partial charge on any atom is 0.339 e. The number of carboxylic acid groups (broad SMARTS) is 1. The Morgan fingerprint density at radius 3 is 2.05 bits per heavy atom. The SMILES string of the molecule is O=C(O)CC(O)(CC(=O)OCC1CO1)C(=O)OCC1CO1. The molecule has 0 bridgehead atoms. The lowest BCUT2D eigenvalue weighted by atomic mass is 9.95. The van der Waals surface area contributed by atoms with Gasteiger partial charge in [-0.15, -0.1) is 0 Å². The number of ether oxygens (including phenoxy) is 4. The molecule has 2 heterocycles. The van der Waals surface area contributed by atoms with Crippen molar-refractivity contribution < 1.29 is 43.5 Å². The van der Waals surface area contributed by atoms with Crippen molar-refractivity contribution in [3.8, 4) is 0 Å². The highest BCUT2D eigenvalue weighted by molar-refractivity contribution is 5.89. The lowest BCUT2D eigenvalue weighted by Crippen LogP contribution is -2.45. The number of hydrogen-bond donors (Lipinski definition) is 2. The molecule has 21 heavy (non-hydrogen) atoms. The summed E-state index contributed by atoms with van der Waals surface area (Å²) in [5, 5.41) is 18.9. The molecule has 0 aromatic carbocycles. The Morgan fingerprint density at radius 1 is 1.05 bits per heavy atom. The standard InChI is InChI=1S/C12H16O9/c13-9(14)1-12(17,11(16)21-6-8-4-19-8)2-10(15)20-5-7-3-18-7/h7-8,17H,1-6H2,(H,13,14). The molecule has 118 valence electrons. The normalized spacial score (nSPS) is 25.6. The molecule has 3 atom stereocenters. The fourth-order valence-electron chi connectivity index (χ4n) is 1.56. The van der Waals surface area contributed by atoms with Crippen molar-refractivity contribution in [2.24, 2.45) is 0 Å². The molecule has 2 N–H and O–H groups in total. The van der Waals surface area contributed by atoms with E-state index in [0.717, 1.165) is 0 Å². The molecular weight excluding hydrogens is 288 g/mol. The number of epoxide rings is 2. The minimum Gasteiger partial charge on any atom is -0.481 e. The first-order valence-electron chi connectivity index (χ1n) is 6.39. The number of rotatable bonds is 9. The first-order valence-corrected chi connectivity index (χ1v) is 6.39. The third-order valence-corrected chi connectivity index (χ3v) is 2.90. The van der Waals surface area contributed by atoms with Crippen molar-refractivity contribution in [3.63, 3.8) is 0 Å². The zero-order valence-corrected chi connectivity index (χ0v) is 11.1. The molecule has 9 nitrogen and oxygen atoms in total. The zero-order valence-electron chi connectivity index (χ0n) is 11.1. The van der Waals surface area contributed by atoms with Gasteiger partial charge in [0.2, 0.25) is 0 Å². The average Bonchev–Trinajstić information content (AvgIpc) is 3.26. The van der Waals surface area contributed by atoms with Crippen LogP contribution in [-0.2, 0) is 33.3 Å². The van der Waals surface area contributed by atoms with Crippen LogP contribution in [0.1, 0.15) is 12.8 Å². The van der Waals surface area contributed by atoms with Crippen molar-refractivity contribution in [3.05, 3.63) is 0 Å². The first kappa shape index (κ1) is 15.7. The topological polar surface area (TPSA) is 135 Å². The number of esters is 2. The van der Waals surface area contributed by atoms with Crippen LogP contribution in [-0.4, -0.2) is 72.4 Å². The Morgan fingerprint density at radius 2 is 1.57 bits per heavy atom. The average molecular weight is 304 g/mol. The first-order chi connectivity index (χ1) is 9.89. The summed E-state index contributed by atoms with van der Waals surface area (Å²) in [7, 11) is 0. The van der Waals surface area contributed by atoms with Gasteiger partial charge in [0.1, 0.15) is 25.4 Å². The number of carbonyl (C=O) groups excluding carboxylic acids is 2. The second-order valence-electron chi connectivity index (χ2n) is 4.97. The number of aliphatic hydroxyl groups is 1. The molecule has 0 radical (unpaired) electrons. The van der Waals surface area contributed by atoms with Gasteiger partial charge in [0.05, 0.1) is 26.1 Å². The Kier molecular flexibility index (Phi) is 4.76. The molecule has 2 aliphatic heterocycles. The van der Waals surface area contributed by atoms with E-state index in [2.05, 4.69) is 0 Å². The summed E-state index contributed by atoms with van der Waals surface area (Å²) in [5.41, 5.74) is -2.46. The van der Waals surface area contributed by atoms with E-state index >= 15 is 0 Å². The third kappa shape index (κ3) is 5.29. The van der Waals surface area contributed by atoms with E-state index in [4.69, 9.17) is 24.1 Å². The Labute approximate surface area is 119 Å². The van der Waals surface area contributed by atoms with Crippen LogP contribution in [0.3, 0.4) is 0 Å². The van der Waals surface area contributed by atoms with Gasteiger partial charge in [0.15, 0.2) is 5.60 Å². The van der Waals surface area contributed by atoms with Gasteiger partial charge in [0.25, 0.3) is 0 Å². The van der Waals surface area contributed by atoms with Gasteiger partial charge in [0, 0.05) is 0 Å². The Bertz CT molecular complexity index is 426. The van der Waals surface area contributed by atoms with Crippen molar-refractivity contribution in [2.75, 3.05) is 26.4 Å². The second-order valence-corrected chi connectivity index (χ2v) is 4.97. The van der Waals surface area contributed by atoms with Gasteiger partial charge >= 0.3 is 17.9 Å². The van der Waals surface area contributed by atoms with Crippen molar-refractivity contribution >= 4 is 17.9 Å². The Balaban J connectivity index is 1.87. The summed E-state index contributed by atoms with van der Waals surface area (Å²) in [5.74, 6) is -3.51. The lowest BCUT2D eigenvalue weighted by molar-refractivity contribution is -0.177. The molecule has 9 heteroatoms. The van der Waals surface area contributed by atoms with Crippen LogP contribution in [0.25, 0.3) is 0 Å². The number of carboxylic acids is 1. The number of hydrogen-bond acceptors (Lipinski definition) is 8. The van der Waals surface area contributed by atoms with Gasteiger partial charge in [-0.1, -0.05) is 0 Å². The highest BCUT2D eigenvalue weighted by Gasteiger charge is 2.44. The molecule has 0 saturated carbocycles. The van der Waals surface area contributed by atoms with E-state index in [1.54, 1.807) is 0 Å². The monoisotopic (exact) mass is 304 g/mol. The molecule has 2 rings (SSSR count). The number of aliphatic carboxylic acids is 1. The fraction of sp³-hybridized carbons (Fsp3) is 0.750. The number of carbonyl (C=O) groups is 3. The predicted molar refractivity (Wildman–Crippen MR) is 63.2 cm³/mol. The zero-order chi connectivity index (χ0) is 15.5. The Hall–Kier alpha value is -1.71. The molecule has 3 unspecified atom stereocenters. The smallest absolute Gasteiger partial charge is 0.339 e. The molecule has 2 fully saturated rings. The van der Waals surface area contributed by atoms with Gasteiger partial charge in [-0.05, 0) is 0 Å². The van der Waals surface area contributed by atoms with Crippen molar-refractivity contribution in [2.45, 2.75) is 30.7 Å². The molecule has 0 aliphatic carbocycles. The third-order valence-electron chi connectivity index (χ3n) is 2.90. The second kappa shape index (κ2) is 6.37. The predicted octanol–water partition coefficient (Wildman–Crippen LogP) is -1.53. The summed E-state index contributed by atoms with van der Waals surface area (Å²) >= 11 is 0. The summed E-state index contributed by atoms with van der Waals surface area (Å²) in [6, 6.07) is 0. The van der Waals surface area contributed by atoms with E-state index in [9.17, 15) is 19.5 Å². The molecule has 2 aliphatic rings. The molecule has 2 saturated heterocycles. The van der Waals surface area contributed by atoms with Crippen LogP contribution in [0.15, 0.2) is 0 Å². The molecule has 0 spiro atoms. The van der Waals surface area contributed by atoms with Gasteiger partial charge < -0.3 is 29.2 Å². The quantitative estimate of drug-likeness (QED) is 0.384. The summed E-state index contributed by atoms with van der Waals surface area (Å²) < 4.78 is 19.2. The van der Waals surface area contributed by atoms with Crippen LogP contribution in [0.5, 0.6) is 0 Å². The van der Waals surface area contributed by atoms with E-state index in [1.165, 1.54) is 0 Å². The van der Waals surface area contributed by atoms with Gasteiger partial charge in [-0.3, -0.25) is 9.59 Å². The largest absolute Gasteiger partial charge is 0.481 e. The highest BCUT2D eigenvalue weighted by Crippen LogP contribution is 2.21. The van der Waals surface area contributed by atoms with Crippen LogP contribution < -0.4 is 0 Å².